The van der Waals surface area contributed by atoms with Crippen LogP contribution in [0, 0.1) is 0 Å². The Bertz CT molecular complexity index is 356. The van der Waals surface area contributed by atoms with Crippen LogP contribution >= 0.6 is 11.3 Å². The second kappa shape index (κ2) is 6.91. The van der Waals surface area contributed by atoms with Crippen LogP contribution in [0.5, 0.6) is 0 Å². The van der Waals surface area contributed by atoms with Crippen molar-refractivity contribution in [3.63, 3.8) is 0 Å². The molecule has 0 amide bonds. The van der Waals surface area contributed by atoms with Crippen molar-refractivity contribution in [3.8, 4) is 0 Å². The summed E-state index contributed by atoms with van der Waals surface area (Å²) < 4.78 is 41.5. The fraction of sp³-hybridized carbons (Fsp3) is 0.700. The highest BCUT2D eigenvalue weighted by Crippen LogP contribution is 2.25. The average molecular weight is 283 g/mol. The van der Waals surface area contributed by atoms with E-state index in [0.717, 1.165) is 9.78 Å². The van der Waals surface area contributed by atoms with E-state index in [1.807, 2.05) is 0 Å². The van der Waals surface area contributed by atoms with Crippen molar-refractivity contribution in [3.05, 3.63) is 11.1 Å². The van der Waals surface area contributed by atoms with E-state index in [0.29, 0.717) is 24.8 Å². The SMILES string of the molecule is COCCNCc1cnc(N(C)CC(F)(F)F)s1. The van der Waals surface area contributed by atoms with E-state index in [2.05, 4.69) is 10.3 Å². The van der Waals surface area contributed by atoms with E-state index in [4.69, 9.17) is 4.74 Å². The Labute approximate surface area is 108 Å². The number of thiazole rings is 1. The van der Waals surface area contributed by atoms with Gasteiger partial charge in [0, 0.05) is 38.3 Å². The van der Waals surface area contributed by atoms with Gasteiger partial charge in [-0.1, -0.05) is 0 Å². The smallest absolute Gasteiger partial charge is 0.383 e. The predicted octanol–water partition coefficient (Wildman–Crippen LogP) is 1.88. The maximum absolute atomic E-state index is 12.2. The van der Waals surface area contributed by atoms with Crippen LogP contribution in [0.15, 0.2) is 6.20 Å². The van der Waals surface area contributed by atoms with Crippen LogP contribution in [-0.4, -0.2) is 45.0 Å². The average Bonchev–Trinajstić information content (AvgIpc) is 2.71. The summed E-state index contributed by atoms with van der Waals surface area (Å²) in [6.45, 7) is 0.889. The summed E-state index contributed by atoms with van der Waals surface area (Å²) >= 11 is 1.25. The molecule has 0 spiro atoms. The Hall–Kier alpha value is -0.860. The van der Waals surface area contributed by atoms with Gasteiger partial charge in [-0.15, -0.1) is 11.3 Å². The first kappa shape index (κ1) is 15.2. The van der Waals surface area contributed by atoms with Gasteiger partial charge in [0.15, 0.2) is 5.13 Å². The number of methoxy groups -OCH3 is 1. The fourth-order valence-electron chi connectivity index (χ4n) is 1.28. The molecule has 18 heavy (non-hydrogen) atoms. The van der Waals surface area contributed by atoms with E-state index in [-0.39, 0.29) is 0 Å². The molecule has 0 aliphatic heterocycles. The van der Waals surface area contributed by atoms with Gasteiger partial charge in [-0.05, 0) is 0 Å². The van der Waals surface area contributed by atoms with E-state index >= 15 is 0 Å². The van der Waals surface area contributed by atoms with Crippen LogP contribution in [0.3, 0.4) is 0 Å². The van der Waals surface area contributed by atoms with E-state index in [1.54, 1.807) is 13.3 Å². The maximum Gasteiger partial charge on any atom is 0.405 e. The number of ether oxygens (including phenoxy) is 1. The summed E-state index contributed by atoms with van der Waals surface area (Å²) in [5.41, 5.74) is 0. The molecule has 1 heterocycles. The molecule has 0 atom stereocenters. The Kier molecular flexibility index (Phi) is 5.83. The summed E-state index contributed by atoms with van der Waals surface area (Å²) in [5, 5.41) is 3.48. The van der Waals surface area contributed by atoms with Crippen LogP contribution in [0.2, 0.25) is 0 Å². The summed E-state index contributed by atoms with van der Waals surface area (Å²) in [5.74, 6) is 0. The zero-order chi connectivity index (χ0) is 13.6. The number of halogens is 3. The molecule has 0 aliphatic rings. The van der Waals surface area contributed by atoms with Gasteiger partial charge in [-0.2, -0.15) is 13.2 Å². The molecule has 1 N–H and O–H groups in total. The Morgan fingerprint density at radius 2 is 2.22 bits per heavy atom. The Morgan fingerprint density at radius 3 is 2.83 bits per heavy atom. The fourth-order valence-corrected chi connectivity index (χ4v) is 2.12. The Morgan fingerprint density at radius 1 is 1.50 bits per heavy atom. The van der Waals surface area contributed by atoms with Gasteiger partial charge in [0.05, 0.1) is 6.61 Å². The maximum atomic E-state index is 12.2. The number of alkyl halides is 3. The highest BCUT2D eigenvalue weighted by molar-refractivity contribution is 7.15. The first-order chi connectivity index (χ1) is 8.42. The number of rotatable bonds is 7. The number of nitrogens with zero attached hydrogens (tertiary/aromatic N) is 2. The molecule has 1 aromatic heterocycles. The first-order valence-corrected chi connectivity index (χ1v) is 6.16. The number of nitrogens with one attached hydrogen (secondary N) is 1. The topological polar surface area (TPSA) is 37.4 Å². The van der Waals surface area contributed by atoms with E-state index in [9.17, 15) is 13.2 Å². The zero-order valence-electron chi connectivity index (χ0n) is 10.3. The molecule has 0 bridgehead atoms. The first-order valence-electron chi connectivity index (χ1n) is 5.34. The summed E-state index contributed by atoms with van der Waals surface area (Å²) in [7, 11) is 2.99. The third-order valence-electron chi connectivity index (χ3n) is 2.07. The van der Waals surface area contributed by atoms with Gasteiger partial charge >= 0.3 is 6.18 Å². The lowest BCUT2D eigenvalue weighted by Crippen LogP contribution is -2.30. The minimum absolute atomic E-state index is 0.371. The largest absolute Gasteiger partial charge is 0.405 e. The quantitative estimate of drug-likeness (QED) is 0.775. The monoisotopic (exact) mass is 283 g/mol. The number of hydrogen-bond acceptors (Lipinski definition) is 5. The van der Waals surface area contributed by atoms with Crippen molar-refractivity contribution in [2.24, 2.45) is 0 Å². The van der Waals surface area contributed by atoms with Crippen LogP contribution < -0.4 is 10.2 Å². The lowest BCUT2D eigenvalue weighted by molar-refractivity contribution is -0.119. The highest BCUT2D eigenvalue weighted by atomic mass is 32.1. The molecule has 4 nitrogen and oxygen atoms in total. The van der Waals surface area contributed by atoms with Gasteiger partial charge in [0.1, 0.15) is 6.54 Å². The highest BCUT2D eigenvalue weighted by Gasteiger charge is 2.30. The van der Waals surface area contributed by atoms with Crippen LogP contribution in [0.25, 0.3) is 0 Å². The molecule has 0 aliphatic carbocycles. The molecular formula is C10H16F3N3OS. The molecule has 0 fully saturated rings. The van der Waals surface area contributed by atoms with Gasteiger partial charge in [0.25, 0.3) is 0 Å². The van der Waals surface area contributed by atoms with Gasteiger partial charge < -0.3 is 15.0 Å². The normalized spacial score (nSPS) is 11.8. The third kappa shape index (κ3) is 5.65. The molecule has 0 saturated heterocycles. The van der Waals surface area contributed by atoms with Crippen LogP contribution in [0.1, 0.15) is 4.88 Å². The molecule has 1 rings (SSSR count). The molecule has 8 heteroatoms. The molecular weight excluding hydrogens is 267 g/mol. The predicted molar refractivity (Wildman–Crippen MR) is 65.0 cm³/mol. The van der Waals surface area contributed by atoms with Crippen molar-refractivity contribution in [1.29, 1.82) is 0 Å². The second-order valence-electron chi connectivity index (χ2n) is 3.75. The van der Waals surface area contributed by atoms with E-state index in [1.165, 1.54) is 18.4 Å². The molecule has 104 valence electrons. The zero-order valence-corrected chi connectivity index (χ0v) is 11.1. The van der Waals surface area contributed by atoms with Gasteiger partial charge in [-0.3, -0.25) is 0 Å². The van der Waals surface area contributed by atoms with Crippen LogP contribution in [-0.2, 0) is 11.3 Å². The number of anilines is 1. The Balaban J connectivity index is 2.42. The summed E-state index contributed by atoms with van der Waals surface area (Å²) in [6.07, 6.45) is -2.62. The van der Waals surface area contributed by atoms with E-state index < -0.39 is 12.7 Å². The molecule has 0 radical (unpaired) electrons. The van der Waals surface area contributed by atoms with Crippen molar-refractivity contribution < 1.29 is 17.9 Å². The number of hydrogen-bond donors (Lipinski definition) is 1. The lowest BCUT2D eigenvalue weighted by atomic mass is 10.5. The van der Waals surface area contributed by atoms with Crippen molar-refractivity contribution in [2.45, 2.75) is 12.7 Å². The lowest BCUT2D eigenvalue weighted by Gasteiger charge is -2.17. The minimum atomic E-state index is -4.21. The van der Waals surface area contributed by atoms with Gasteiger partial charge in [-0.25, -0.2) is 4.98 Å². The second-order valence-corrected chi connectivity index (χ2v) is 4.84. The van der Waals surface area contributed by atoms with Crippen molar-refractivity contribution >= 4 is 16.5 Å². The molecule has 0 saturated carbocycles. The standard InChI is InChI=1S/C10H16F3N3OS/c1-16(7-10(11,12)13)9-15-6-8(18-9)5-14-3-4-17-2/h6,14H,3-5,7H2,1-2H3. The molecule has 0 unspecified atom stereocenters. The van der Waals surface area contributed by atoms with Crippen molar-refractivity contribution in [2.75, 3.05) is 38.8 Å². The number of aromatic nitrogens is 1. The summed E-state index contributed by atoms with van der Waals surface area (Å²) in [4.78, 5) is 5.97. The third-order valence-corrected chi connectivity index (χ3v) is 3.18. The summed E-state index contributed by atoms with van der Waals surface area (Å²) in [6, 6.07) is 0. The molecule has 1 aromatic rings. The van der Waals surface area contributed by atoms with Crippen molar-refractivity contribution in [1.82, 2.24) is 10.3 Å². The van der Waals surface area contributed by atoms with Crippen LogP contribution in [0.4, 0.5) is 18.3 Å². The van der Waals surface area contributed by atoms with Gasteiger partial charge in [0.2, 0.25) is 0 Å². The minimum Gasteiger partial charge on any atom is -0.383 e. The molecule has 0 aromatic carbocycles.